The van der Waals surface area contributed by atoms with E-state index in [0.717, 1.165) is 11.1 Å². The van der Waals surface area contributed by atoms with Gasteiger partial charge in [0, 0.05) is 56.2 Å². The molecule has 0 N–H and O–H groups in total. The number of hydrogen-bond donors (Lipinski definition) is 0. The number of Topliss-reactive ketones (excluding diaryl/α,β-unsaturated/α-hetero) is 1. The number of sulfonamides is 1. The minimum absolute atomic E-state index is 0.147. The van der Waals surface area contributed by atoms with Gasteiger partial charge >= 0.3 is 0 Å². The van der Waals surface area contributed by atoms with Crippen molar-refractivity contribution in [3.8, 4) is 6.07 Å². The van der Waals surface area contributed by atoms with Crippen LogP contribution in [0.15, 0.2) is 59.8 Å². The topological polar surface area (TPSA) is 85.9 Å². The number of benzene rings is 1. The molecule has 1 aliphatic heterocycles. The van der Waals surface area contributed by atoms with E-state index in [9.17, 15) is 18.5 Å². The third-order valence-corrected chi connectivity index (χ3v) is 7.37. The van der Waals surface area contributed by atoms with Crippen molar-refractivity contribution >= 4 is 21.3 Å². The molecule has 0 bridgehead atoms. The quantitative estimate of drug-likeness (QED) is 0.590. The van der Waals surface area contributed by atoms with E-state index in [0.29, 0.717) is 43.9 Å². The van der Waals surface area contributed by atoms with Gasteiger partial charge < -0.3 is 4.40 Å². The standard InChI is InChI=1S/C22H22N4O3S/c1-17(27)18-5-4-6-20(13-18)30(28,29)26-11-9-24(10-12-26)15-19-16-25-8-3-2-7-22(25)21(19)14-23/h2-8,13,16H,9-12,15H2,1H3. The normalized spacial score (nSPS) is 15.9. The van der Waals surface area contributed by atoms with Crippen LogP contribution in [0.2, 0.25) is 0 Å². The zero-order valence-corrected chi connectivity index (χ0v) is 17.5. The average molecular weight is 423 g/mol. The molecule has 1 saturated heterocycles. The smallest absolute Gasteiger partial charge is 0.243 e. The molecule has 0 saturated carbocycles. The SMILES string of the molecule is CC(=O)c1cccc(S(=O)(=O)N2CCN(Cc3cn4ccccc4c3C#N)CC2)c1. The zero-order chi connectivity index (χ0) is 21.3. The number of aromatic nitrogens is 1. The summed E-state index contributed by atoms with van der Waals surface area (Å²) in [6.07, 6.45) is 3.88. The Bertz CT molecular complexity index is 1250. The Balaban J connectivity index is 1.47. The van der Waals surface area contributed by atoms with E-state index < -0.39 is 10.0 Å². The van der Waals surface area contributed by atoms with Gasteiger partial charge in [0.25, 0.3) is 0 Å². The van der Waals surface area contributed by atoms with E-state index in [4.69, 9.17) is 0 Å². The number of hydrogen-bond acceptors (Lipinski definition) is 5. The van der Waals surface area contributed by atoms with Crippen molar-refractivity contribution in [2.75, 3.05) is 26.2 Å². The van der Waals surface area contributed by atoms with Crippen LogP contribution < -0.4 is 0 Å². The fourth-order valence-corrected chi connectivity index (χ4v) is 5.29. The third kappa shape index (κ3) is 3.75. The summed E-state index contributed by atoms with van der Waals surface area (Å²) in [5.41, 5.74) is 2.86. The molecule has 0 spiro atoms. The lowest BCUT2D eigenvalue weighted by Crippen LogP contribution is -2.48. The molecule has 1 aliphatic rings. The molecule has 0 atom stereocenters. The summed E-state index contributed by atoms with van der Waals surface area (Å²) in [5.74, 6) is -0.162. The Morgan fingerprint density at radius 3 is 2.57 bits per heavy atom. The van der Waals surface area contributed by atoms with Gasteiger partial charge in [0.15, 0.2) is 5.78 Å². The van der Waals surface area contributed by atoms with Gasteiger partial charge in [-0.05, 0) is 31.2 Å². The maximum Gasteiger partial charge on any atom is 0.243 e. The monoisotopic (exact) mass is 422 g/mol. The van der Waals surface area contributed by atoms with Gasteiger partial charge in [0.2, 0.25) is 10.0 Å². The van der Waals surface area contributed by atoms with Crippen molar-refractivity contribution in [2.24, 2.45) is 0 Å². The summed E-state index contributed by atoms with van der Waals surface area (Å²) in [7, 11) is -3.65. The Hall–Kier alpha value is -2.99. The van der Waals surface area contributed by atoms with Crippen molar-refractivity contribution in [3.63, 3.8) is 0 Å². The Labute approximate surface area is 175 Å². The van der Waals surface area contributed by atoms with Crippen LogP contribution in [0.1, 0.15) is 28.4 Å². The second-order valence-electron chi connectivity index (χ2n) is 7.40. The molecule has 0 radical (unpaired) electrons. The molecule has 154 valence electrons. The second kappa shape index (κ2) is 8.03. The summed E-state index contributed by atoms with van der Waals surface area (Å²) in [5, 5.41) is 9.58. The lowest BCUT2D eigenvalue weighted by molar-refractivity contribution is 0.101. The number of piperazine rings is 1. The van der Waals surface area contributed by atoms with Gasteiger partial charge in [-0.25, -0.2) is 8.42 Å². The minimum Gasteiger partial charge on any atom is -0.322 e. The number of nitriles is 1. The summed E-state index contributed by atoms with van der Waals surface area (Å²) < 4.78 is 29.4. The highest BCUT2D eigenvalue weighted by atomic mass is 32.2. The van der Waals surface area contributed by atoms with Crippen molar-refractivity contribution in [1.29, 1.82) is 5.26 Å². The largest absolute Gasteiger partial charge is 0.322 e. The highest BCUT2D eigenvalue weighted by Crippen LogP contribution is 2.22. The zero-order valence-electron chi connectivity index (χ0n) is 16.7. The molecular formula is C22H22N4O3S. The molecule has 3 aromatic rings. The average Bonchev–Trinajstić information content (AvgIpc) is 3.11. The molecule has 4 rings (SSSR count). The molecule has 3 heterocycles. The van der Waals surface area contributed by atoms with Crippen LogP contribution in [-0.2, 0) is 16.6 Å². The summed E-state index contributed by atoms with van der Waals surface area (Å²) >= 11 is 0. The molecular weight excluding hydrogens is 400 g/mol. The summed E-state index contributed by atoms with van der Waals surface area (Å²) in [6.45, 7) is 3.89. The first-order valence-electron chi connectivity index (χ1n) is 9.72. The molecule has 0 aliphatic carbocycles. The molecule has 1 aromatic carbocycles. The van der Waals surface area contributed by atoms with E-state index in [1.54, 1.807) is 12.1 Å². The fourth-order valence-electron chi connectivity index (χ4n) is 3.82. The van der Waals surface area contributed by atoms with Crippen LogP contribution in [-0.4, -0.2) is 54.0 Å². The molecule has 30 heavy (non-hydrogen) atoms. The fraction of sp³-hybridized carbons (Fsp3) is 0.273. The predicted octanol–water partition coefficient (Wildman–Crippen LogP) is 2.52. The maximum atomic E-state index is 13.0. The van der Waals surface area contributed by atoms with E-state index in [1.807, 2.05) is 35.0 Å². The van der Waals surface area contributed by atoms with Crippen molar-refractivity contribution in [1.82, 2.24) is 13.6 Å². The number of nitrogens with zero attached hydrogens (tertiary/aromatic N) is 4. The lowest BCUT2D eigenvalue weighted by atomic mass is 10.1. The Morgan fingerprint density at radius 2 is 1.87 bits per heavy atom. The molecule has 8 heteroatoms. The van der Waals surface area contributed by atoms with Crippen LogP contribution in [0.4, 0.5) is 0 Å². The van der Waals surface area contributed by atoms with Gasteiger partial charge in [-0.3, -0.25) is 9.69 Å². The highest BCUT2D eigenvalue weighted by molar-refractivity contribution is 7.89. The van der Waals surface area contributed by atoms with Gasteiger partial charge in [-0.2, -0.15) is 9.57 Å². The van der Waals surface area contributed by atoms with E-state index >= 15 is 0 Å². The van der Waals surface area contributed by atoms with Crippen LogP contribution in [0.3, 0.4) is 0 Å². The molecule has 2 aromatic heterocycles. The predicted molar refractivity (Wildman–Crippen MR) is 113 cm³/mol. The number of ketones is 1. The highest BCUT2D eigenvalue weighted by Gasteiger charge is 2.29. The number of carbonyl (C=O) groups excluding carboxylic acids is 1. The van der Waals surface area contributed by atoms with Crippen molar-refractivity contribution in [2.45, 2.75) is 18.4 Å². The van der Waals surface area contributed by atoms with Crippen LogP contribution in [0, 0.1) is 11.3 Å². The van der Waals surface area contributed by atoms with Crippen LogP contribution in [0.5, 0.6) is 0 Å². The minimum atomic E-state index is -3.65. The number of pyridine rings is 1. The molecule has 7 nitrogen and oxygen atoms in total. The second-order valence-corrected chi connectivity index (χ2v) is 9.34. The first-order valence-corrected chi connectivity index (χ1v) is 11.2. The summed E-state index contributed by atoms with van der Waals surface area (Å²) in [6, 6.07) is 14.2. The van der Waals surface area contributed by atoms with Crippen molar-refractivity contribution in [3.05, 3.63) is 71.5 Å². The van der Waals surface area contributed by atoms with E-state index in [2.05, 4.69) is 11.0 Å². The Kier molecular flexibility index (Phi) is 5.43. The Morgan fingerprint density at radius 1 is 1.10 bits per heavy atom. The van der Waals surface area contributed by atoms with Crippen LogP contribution >= 0.6 is 0 Å². The molecule has 0 amide bonds. The number of rotatable bonds is 5. The van der Waals surface area contributed by atoms with E-state index in [-0.39, 0.29) is 10.7 Å². The van der Waals surface area contributed by atoms with Crippen molar-refractivity contribution < 1.29 is 13.2 Å². The van der Waals surface area contributed by atoms with Gasteiger partial charge in [-0.1, -0.05) is 18.2 Å². The first kappa shape index (κ1) is 20.3. The third-order valence-electron chi connectivity index (χ3n) is 5.48. The number of carbonyl (C=O) groups is 1. The molecule has 1 fully saturated rings. The van der Waals surface area contributed by atoms with Crippen LogP contribution in [0.25, 0.3) is 5.52 Å². The van der Waals surface area contributed by atoms with Gasteiger partial charge in [0.1, 0.15) is 6.07 Å². The van der Waals surface area contributed by atoms with Gasteiger partial charge in [0.05, 0.1) is 16.0 Å². The first-order chi connectivity index (χ1) is 14.4. The van der Waals surface area contributed by atoms with E-state index in [1.165, 1.54) is 23.4 Å². The lowest BCUT2D eigenvalue weighted by Gasteiger charge is -2.33. The number of fused-ring (bicyclic) bond motifs is 1. The summed E-state index contributed by atoms with van der Waals surface area (Å²) in [4.78, 5) is 13.9. The maximum absolute atomic E-state index is 13.0. The van der Waals surface area contributed by atoms with Gasteiger partial charge in [-0.15, -0.1) is 0 Å². The molecule has 0 unspecified atom stereocenters.